The summed E-state index contributed by atoms with van der Waals surface area (Å²) in [5, 5.41) is 0. The Bertz CT molecular complexity index is 127. The van der Waals surface area contributed by atoms with Gasteiger partial charge in [-0.15, -0.1) is 0 Å². The second kappa shape index (κ2) is 10.6. The fraction of sp³-hybridized carbons (Fsp3) is 1.00. The standard InChI is InChI=1S/C7H18N2O2.C3H10Si/c1-4-10-7(9,6(3)8)11-5-2;1-2-3-4/h6H,4-5,8-9H2,1-3H3;2-3H2,1,4H3. The average molecular weight is 236 g/mol. The molecule has 0 aliphatic heterocycles. The molecule has 0 aliphatic rings. The van der Waals surface area contributed by atoms with Gasteiger partial charge in [-0.1, -0.05) is 19.4 Å². The normalized spacial score (nSPS) is 13.2. The van der Waals surface area contributed by atoms with Crippen molar-refractivity contribution < 1.29 is 9.47 Å². The molecule has 4 nitrogen and oxygen atoms in total. The van der Waals surface area contributed by atoms with Gasteiger partial charge in [0.25, 0.3) is 0 Å². The summed E-state index contributed by atoms with van der Waals surface area (Å²) in [6, 6.07) is 1.13. The van der Waals surface area contributed by atoms with Crippen LogP contribution < -0.4 is 11.5 Å². The van der Waals surface area contributed by atoms with Crippen LogP contribution in [0.5, 0.6) is 0 Å². The van der Waals surface area contributed by atoms with E-state index in [9.17, 15) is 0 Å². The minimum atomic E-state index is -1.12. The molecule has 0 amide bonds. The van der Waals surface area contributed by atoms with Crippen LogP contribution in [0.25, 0.3) is 0 Å². The Kier molecular flexibility index (Phi) is 12.3. The van der Waals surface area contributed by atoms with Gasteiger partial charge in [0.05, 0.1) is 6.04 Å². The van der Waals surface area contributed by atoms with E-state index in [2.05, 4.69) is 6.92 Å². The molecule has 0 spiro atoms. The molecule has 0 aliphatic carbocycles. The van der Waals surface area contributed by atoms with Crippen molar-refractivity contribution in [1.82, 2.24) is 0 Å². The summed E-state index contributed by atoms with van der Waals surface area (Å²) in [5.74, 6) is -1.12. The smallest absolute Gasteiger partial charge is 0.240 e. The fourth-order valence-corrected chi connectivity index (χ4v) is 0.756. The largest absolute Gasteiger partial charge is 0.337 e. The Morgan fingerprint density at radius 3 is 1.67 bits per heavy atom. The predicted octanol–water partition coefficient (Wildman–Crippen LogP) is 0.199. The highest BCUT2D eigenvalue weighted by atomic mass is 28.1. The van der Waals surface area contributed by atoms with E-state index in [1.807, 2.05) is 13.8 Å². The van der Waals surface area contributed by atoms with Gasteiger partial charge in [0.1, 0.15) is 0 Å². The van der Waals surface area contributed by atoms with Gasteiger partial charge in [0.15, 0.2) is 0 Å². The lowest BCUT2D eigenvalue weighted by Crippen LogP contribution is -2.58. The Morgan fingerprint density at radius 1 is 1.20 bits per heavy atom. The molecule has 0 fully saturated rings. The maximum absolute atomic E-state index is 5.69. The molecule has 15 heavy (non-hydrogen) atoms. The van der Waals surface area contributed by atoms with E-state index in [1.165, 1.54) is 22.7 Å². The van der Waals surface area contributed by atoms with Crippen molar-refractivity contribution in [3.05, 3.63) is 0 Å². The number of ether oxygens (including phenoxy) is 2. The lowest BCUT2D eigenvalue weighted by Gasteiger charge is -2.31. The zero-order valence-electron chi connectivity index (χ0n) is 10.9. The van der Waals surface area contributed by atoms with Crippen molar-refractivity contribution in [1.29, 1.82) is 0 Å². The van der Waals surface area contributed by atoms with Crippen molar-refractivity contribution in [3.63, 3.8) is 0 Å². The third-order valence-electron chi connectivity index (χ3n) is 1.87. The van der Waals surface area contributed by atoms with Crippen LogP contribution in [0.3, 0.4) is 0 Å². The Hall–Kier alpha value is 0.0569. The maximum Gasteiger partial charge on any atom is 0.240 e. The minimum absolute atomic E-state index is 0.331. The zero-order valence-corrected chi connectivity index (χ0v) is 12.9. The Balaban J connectivity index is 0. The summed E-state index contributed by atoms with van der Waals surface area (Å²) in [6.45, 7) is 8.67. The molecular weight excluding hydrogens is 208 g/mol. The summed E-state index contributed by atoms with van der Waals surface area (Å²) in [7, 11) is 1.39. The van der Waals surface area contributed by atoms with E-state index in [0.717, 1.165) is 0 Å². The number of rotatable bonds is 6. The van der Waals surface area contributed by atoms with Crippen molar-refractivity contribution in [2.75, 3.05) is 13.2 Å². The summed E-state index contributed by atoms with van der Waals surface area (Å²) >= 11 is 0. The molecular formula is C10H28N2O2Si. The number of hydrogen-bond acceptors (Lipinski definition) is 4. The van der Waals surface area contributed by atoms with Crippen LogP contribution >= 0.6 is 0 Å². The first kappa shape index (κ1) is 17.5. The molecule has 0 aromatic heterocycles. The maximum atomic E-state index is 5.69. The van der Waals surface area contributed by atoms with Crippen LogP contribution in [-0.4, -0.2) is 35.4 Å². The van der Waals surface area contributed by atoms with E-state index in [1.54, 1.807) is 6.92 Å². The molecule has 1 unspecified atom stereocenters. The molecule has 94 valence electrons. The first-order valence-electron chi connectivity index (χ1n) is 5.80. The highest BCUT2D eigenvalue weighted by Gasteiger charge is 2.30. The lowest BCUT2D eigenvalue weighted by atomic mass is 10.3. The van der Waals surface area contributed by atoms with Gasteiger partial charge >= 0.3 is 0 Å². The molecule has 0 radical (unpaired) electrons. The molecule has 0 rings (SSSR count). The predicted molar refractivity (Wildman–Crippen MR) is 68.9 cm³/mol. The molecule has 0 saturated heterocycles. The van der Waals surface area contributed by atoms with Crippen LogP contribution in [0, 0.1) is 0 Å². The molecule has 1 atom stereocenters. The lowest BCUT2D eigenvalue weighted by molar-refractivity contribution is -0.238. The summed E-state index contributed by atoms with van der Waals surface area (Å²) < 4.78 is 10.3. The van der Waals surface area contributed by atoms with Crippen molar-refractivity contribution in [2.24, 2.45) is 11.5 Å². The third kappa shape index (κ3) is 9.01. The monoisotopic (exact) mass is 236 g/mol. The van der Waals surface area contributed by atoms with Crippen molar-refractivity contribution in [2.45, 2.75) is 52.1 Å². The van der Waals surface area contributed by atoms with Gasteiger partial charge in [0, 0.05) is 23.5 Å². The first-order valence-corrected chi connectivity index (χ1v) is 7.22. The van der Waals surface area contributed by atoms with Gasteiger partial charge in [-0.2, -0.15) is 0 Å². The van der Waals surface area contributed by atoms with Gasteiger partial charge in [-0.25, -0.2) is 0 Å². The average Bonchev–Trinajstić information content (AvgIpc) is 2.19. The second-order valence-corrected chi connectivity index (χ2v) is 4.38. The van der Waals surface area contributed by atoms with Gasteiger partial charge in [0.2, 0.25) is 5.91 Å². The van der Waals surface area contributed by atoms with Crippen molar-refractivity contribution in [3.8, 4) is 0 Å². The summed E-state index contributed by atoms with van der Waals surface area (Å²) in [5.41, 5.74) is 11.3. The van der Waals surface area contributed by atoms with Gasteiger partial charge < -0.3 is 15.2 Å². The SMILES string of the molecule is CCC[SiH3].CCOC(N)(OCC)C(C)N. The van der Waals surface area contributed by atoms with Crippen molar-refractivity contribution >= 4 is 10.2 Å². The Labute approximate surface area is 97.1 Å². The second-order valence-electron chi connectivity index (χ2n) is 3.38. The number of hydrogen-bond donors (Lipinski definition) is 2. The van der Waals surface area contributed by atoms with E-state index < -0.39 is 5.91 Å². The van der Waals surface area contributed by atoms with Crippen LogP contribution in [0.2, 0.25) is 6.04 Å². The molecule has 5 heteroatoms. The molecule has 0 saturated carbocycles. The summed E-state index contributed by atoms with van der Waals surface area (Å²) in [6.07, 6.45) is 1.38. The third-order valence-corrected chi connectivity index (χ3v) is 2.87. The highest BCUT2D eigenvalue weighted by molar-refractivity contribution is 6.08. The van der Waals surface area contributed by atoms with Gasteiger partial charge in [-0.3, -0.25) is 5.73 Å². The molecule has 4 N–H and O–H groups in total. The first-order chi connectivity index (χ1) is 6.98. The van der Waals surface area contributed by atoms with E-state index in [4.69, 9.17) is 20.9 Å². The molecule has 0 aromatic carbocycles. The van der Waals surface area contributed by atoms with Gasteiger partial charge in [-0.05, 0) is 20.8 Å². The van der Waals surface area contributed by atoms with E-state index >= 15 is 0 Å². The van der Waals surface area contributed by atoms with Crippen LogP contribution in [-0.2, 0) is 9.47 Å². The molecule has 0 aromatic rings. The zero-order chi connectivity index (χ0) is 12.3. The number of nitrogens with two attached hydrogens (primary N) is 2. The highest BCUT2D eigenvalue weighted by Crippen LogP contribution is 2.08. The Morgan fingerprint density at radius 2 is 1.53 bits per heavy atom. The quantitative estimate of drug-likeness (QED) is 0.510. The molecule has 0 bridgehead atoms. The summed E-state index contributed by atoms with van der Waals surface area (Å²) in [4.78, 5) is 0. The van der Waals surface area contributed by atoms with E-state index in [0.29, 0.717) is 13.2 Å². The van der Waals surface area contributed by atoms with Crippen LogP contribution in [0.1, 0.15) is 34.1 Å². The minimum Gasteiger partial charge on any atom is -0.337 e. The van der Waals surface area contributed by atoms with E-state index in [-0.39, 0.29) is 6.04 Å². The van der Waals surface area contributed by atoms with Crippen LogP contribution in [0.15, 0.2) is 0 Å². The fourth-order valence-electron chi connectivity index (χ4n) is 0.756. The molecule has 0 heterocycles. The topological polar surface area (TPSA) is 70.5 Å². The van der Waals surface area contributed by atoms with Crippen LogP contribution in [0.4, 0.5) is 0 Å².